The number of halogens is 1. The molecule has 0 aromatic heterocycles. The molecule has 0 spiro atoms. The Kier molecular flexibility index (Phi) is 7.27. The highest BCUT2D eigenvalue weighted by Gasteiger charge is 2.33. The maximum absolute atomic E-state index is 13.8. The van der Waals surface area contributed by atoms with Crippen LogP contribution < -0.4 is 4.74 Å². The van der Waals surface area contributed by atoms with E-state index in [1.807, 2.05) is 0 Å². The number of carboxylic acids is 1. The predicted molar refractivity (Wildman–Crippen MR) is 113 cm³/mol. The minimum atomic E-state index is -3.39. The molecule has 5 nitrogen and oxygen atoms in total. The molecule has 0 fully saturated rings. The van der Waals surface area contributed by atoms with Gasteiger partial charge in [0.25, 0.3) is 0 Å². The highest BCUT2D eigenvalue weighted by molar-refractivity contribution is 7.91. The maximum Gasteiger partial charge on any atom is 0.345 e. The lowest BCUT2D eigenvalue weighted by atomic mass is 9.89. The van der Waals surface area contributed by atoms with Gasteiger partial charge in [-0.2, -0.15) is 0 Å². The topological polar surface area (TPSA) is 80.7 Å². The Balaban J connectivity index is 2.43. The molecule has 0 amide bonds. The number of rotatable bonds is 6. The summed E-state index contributed by atoms with van der Waals surface area (Å²) in [6.45, 7) is 6.96. The standard InChI is InChI=1S/C23H25FO5S/c1-5-13-30(27,28)19-8-6-7-16(14-19)9-10-17-15-18(24)11-12-20(17)29-21(22(25)26)23(2,3)4/h6-8,11-12,14-15,21H,5,13H2,1-4H3,(H,25,26). The Hall–Kier alpha value is -2.85. The van der Waals surface area contributed by atoms with Crippen molar-refractivity contribution in [3.8, 4) is 17.6 Å². The Morgan fingerprint density at radius 2 is 1.87 bits per heavy atom. The second-order valence-electron chi connectivity index (χ2n) is 7.94. The van der Waals surface area contributed by atoms with Crippen LogP contribution in [-0.2, 0) is 14.6 Å². The Bertz CT molecular complexity index is 1090. The molecule has 1 N–H and O–H groups in total. The first-order valence-electron chi connectivity index (χ1n) is 9.48. The van der Waals surface area contributed by atoms with Crippen molar-refractivity contribution in [3.63, 3.8) is 0 Å². The van der Waals surface area contributed by atoms with Crippen LogP contribution in [0.5, 0.6) is 5.75 Å². The molecule has 0 aliphatic heterocycles. The van der Waals surface area contributed by atoms with Crippen LogP contribution >= 0.6 is 0 Å². The van der Waals surface area contributed by atoms with Crippen molar-refractivity contribution >= 4 is 15.8 Å². The first kappa shape index (κ1) is 23.4. The number of sulfone groups is 1. The molecule has 2 aromatic carbocycles. The van der Waals surface area contributed by atoms with Gasteiger partial charge < -0.3 is 9.84 Å². The van der Waals surface area contributed by atoms with Gasteiger partial charge in [-0.25, -0.2) is 17.6 Å². The number of carboxylic acid groups (broad SMARTS) is 1. The highest BCUT2D eigenvalue weighted by atomic mass is 32.2. The van der Waals surface area contributed by atoms with Gasteiger partial charge in [-0.05, 0) is 42.8 Å². The zero-order valence-electron chi connectivity index (χ0n) is 17.4. The zero-order chi connectivity index (χ0) is 22.5. The molecule has 7 heteroatoms. The van der Waals surface area contributed by atoms with Crippen LogP contribution in [0.4, 0.5) is 4.39 Å². The molecule has 30 heavy (non-hydrogen) atoms. The Morgan fingerprint density at radius 1 is 1.17 bits per heavy atom. The van der Waals surface area contributed by atoms with E-state index in [2.05, 4.69) is 11.8 Å². The largest absolute Gasteiger partial charge is 0.478 e. The zero-order valence-corrected chi connectivity index (χ0v) is 18.2. The summed E-state index contributed by atoms with van der Waals surface area (Å²) in [6.07, 6.45) is -0.660. The fraction of sp³-hybridized carbons (Fsp3) is 0.348. The average molecular weight is 433 g/mol. The minimum Gasteiger partial charge on any atom is -0.478 e. The maximum atomic E-state index is 13.8. The quantitative estimate of drug-likeness (QED) is 0.689. The monoisotopic (exact) mass is 432 g/mol. The number of aliphatic carboxylic acids is 1. The number of benzene rings is 2. The van der Waals surface area contributed by atoms with E-state index in [0.29, 0.717) is 12.0 Å². The van der Waals surface area contributed by atoms with Crippen LogP contribution in [0, 0.1) is 23.1 Å². The van der Waals surface area contributed by atoms with Crippen molar-refractivity contribution in [2.24, 2.45) is 5.41 Å². The molecule has 0 radical (unpaired) electrons. The van der Waals surface area contributed by atoms with Crippen LogP contribution in [0.2, 0.25) is 0 Å². The molecule has 0 aliphatic carbocycles. The molecular weight excluding hydrogens is 407 g/mol. The number of ether oxygens (including phenoxy) is 1. The van der Waals surface area contributed by atoms with E-state index >= 15 is 0 Å². The van der Waals surface area contributed by atoms with E-state index in [-0.39, 0.29) is 22.0 Å². The molecule has 0 aliphatic rings. The van der Waals surface area contributed by atoms with Crippen molar-refractivity contribution in [2.45, 2.75) is 45.1 Å². The number of hydrogen-bond acceptors (Lipinski definition) is 4. The van der Waals surface area contributed by atoms with E-state index in [1.54, 1.807) is 39.8 Å². The summed E-state index contributed by atoms with van der Waals surface area (Å²) < 4.78 is 44.0. The fourth-order valence-electron chi connectivity index (χ4n) is 2.72. The third-order valence-electron chi connectivity index (χ3n) is 4.20. The van der Waals surface area contributed by atoms with Gasteiger partial charge in [0.05, 0.1) is 16.2 Å². The summed E-state index contributed by atoms with van der Waals surface area (Å²) in [4.78, 5) is 11.8. The molecule has 2 rings (SSSR count). The predicted octanol–water partition coefficient (Wildman–Crippen LogP) is 4.29. The van der Waals surface area contributed by atoms with E-state index in [9.17, 15) is 22.7 Å². The summed E-state index contributed by atoms with van der Waals surface area (Å²) in [7, 11) is -3.39. The van der Waals surface area contributed by atoms with Crippen LogP contribution in [0.15, 0.2) is 47.4 Å². The van der Waals surface area contributed by atoms with Crippen molar-refractivity contribution in [1.82, 2.24) is 0 Å². The molecule has 0 saturated carbocycles. The molecule has 0 saturated heterocycles. The van der Waals surface area contributed by atoms with Gasteiger partial charge in [0.15, 0.2) is 15.9 Å². The summed E-state index contributed by atoms with van der Waals surface area (Å²) in [5.41, 5.74) is -0.0901. The van der Waals surface area contributed by atoms with Crippen molar-refractivity contribution in [1.29, 1.82) is 0 Å². The molecule has 2 aromatic rings. The van der Waals surface area contributed by atoms with Gasteiger partial charge in [-0.3, -0.25) is 0 Å². The van der Waals surface area contributed by atoms with Crippen molar-refractivity contribution in [2.75, 3.05) is 5.75 Å². The van der Waals surface area contributed by atoms with Crippen LogP contribution in [0.25, 0.3) is 0 Å². The van der Waals surface area contributed by atoms with E-state index in [1.165, 1.54) is 24.3 Å². The van der Waals surface area contributed by atoms with Gasteiger partial charge in [0.2, 0.25) is 0 Å². The van der Waals surface area contributed by atoms with Gasteiger partial charge in [0.1, 0.15) is 11.6 Å². The van der Waals surface area contributed by atoms with Crippen molar-refractivity contribution in [3.05, 3.63) is 59.4 Å². The third-order valence-corrected chi connectivity index (χ3v) is 6.12. The lowest BCUT2D eigenvalue weighted by Crippen LogP contribution is -2.39. The van der Waals surface area contributed by atoms with Gasteiger partial charge in [0, 0.05) is 11.0 Å². The lowest BCUT2D eigenvalue weighted by molar-refractivity contribution is -0.150. The summed E-state index contributed by atoms with van der Waals surface area (Å²) in [5.74, 6) is 4.08. The van der Waals surface area contributed by atoms with Gasteiger partial charge in [-0.1, -0.05) is 45.6 Å². The molecule has 0 bridgehead atoms. The molecular formula is C23H25FO5S. The molecule has 0 heterocycles. The van der Waals surface area contributed by atoms with Crippen LogP contribution in [0.3, 0.4) is 0 Å². The van der Waals surface area contributed by atoms with Gasteiger partial charge >= 0.3 is 5.97 Å². The van der Waals surface area contributed by atoms with E-state index in [0.717, 1.165) is 6.07 Å². The second kappa shape index (κ2) is 9.31. The molecule has 1 atom stereocenters. The van der Waals surface area contributed by atoms with Crippen LogP contribution in [0.1, 0.15) is 45.2 Å². The normalized spacial score (nSPS) is 12.6. The highest BCUT2D eigenvalue weighted by Crippen LogP contribution is 2.28. The summed E-state index contributed by atoms with van der Waals surface area (Å²) >= 11 is 0. The summed E-state index contributed by atoms with van der Waals surface area (Å²) in [6, 6.07) is 9.87. The Morgan fingerprint density at radius 3 is 2.47 bits per heavy atom. The first-order valence-corrected chi connectivity index (χ1v) is 11.1. The molecule has 1 unspecified atom stereocenters. The SMILES string of the molecule is CCCS(=O)(=O)c1cccc(C#Cc2cc(F)ccc2OC(C(=O)O)C(C)(C)C)c1. The third kappa shape index (κ3) is 6.07. The van der Waals surface area contributed by atoms with E-state index < -0.39 is 33.1 Å². The summed E-state index contributed by atoms with van der Waals surface area (Å²) in [5, 5.41) is 9.48. The lowest BCUT2D eigenvalue weighted by Gasteiger charge is -2.27. The fourth-order valence-corrected chi connectivity index (χ4v) is 4.09. The number of hydrogen-bond donors (Lipinski definition) is 1. The average Bonchev–Trinajstić information content (AvgIpc) is 2.64. The first-order chi connectivity index (χ1) is 13.9. The van der Waals surface area contributed by atoms with Crippen molar-refractivity contribution < 1.29 is 27.4 Å². The van der Waals surface area contributed by atoms with E-state index in [4.69, 9.17) is 4.74 Å². The second-order valence-corrected chi connectivity index (χ2v) is 10.0. The van der Waals surface area contributed by atoms with Gasteiger partial charge in [-0.15, -0.1) is 0 Å². The Labute approximate surface area is 176 Å². The molecule has 160 valence electrons. The number of carbonyl (C=O) groups is 1. The minimum absolute atomic E-state index is 0.0369. The smallest absolute Gasteiger partial charge is 0.345 e. The van der Waals surface area contributed by atoms with Crippen LogP contribution in [-0.4, -0.2) is 31.4 Å².